The van der Waals surface area contributed by atoms with Gasteiger partial charge in [0.25, 0.3) is 5.91 Å². The number of nitriles is 1. The first-order chi connectivity index (χ1) is 15.9. The quantitative estimate of drug-likeness (QED) is 0.536. The number of hydrogen-bond donors (Lipinski definition) is 2. The van der Waals surface area contributed by atoms with Gasteiger partial charge < -0.3 is 10.6 Å². The Bertz CT molecular complexity index is 1010. The number of carbonyl (C=O) groups is 2. The fourth-order valence-corrected chi connectivity index (χ4v) is 3.69. The first-order valence-corrected chi connectivity index (χ1v) is 10.9. The van der Waals surface area contributed by atoms with Gasteiger partial charge in [0.1, 0.15) is 5.82 Å². The molecule has 0 spiro atoms. The molecule has 1 aliphatic rings. The zero-order valence-electron chi connectivity index (χ0n) is 19.0. The van der Waals surface area contributed by atoms with E-state index in [9.17, 15) is 14.0 Å². The molecule has 1 heterocycles. The number of hydrazine groups is 1. The molecule has 0 bridgehead atoms. The lowest BCUT2D eigenvalue weighted by molar-refractivity contribution is -0.148. The lowest BCUT2D eigenvalue weighted by Gasteiger charge is -2.30. The molecule has 1 aliphatic heterocycles. The Hall–Kier alpha value is -3.32. The number of hydrogen-bond acceptors (Lipinski definition) is 6. The molecule has 3 rings (SSSR count). The van der Waals surface area contributed by atoms with Crippen molar-refractivity contribution in [2.24, 2.45) is 0 Å². The highest BCUT2D eigenvalue weighted by Gasteiger charge is 2.26. The van der Waals surface area contributed by atoms with Crippen LogP contribution in [0.2, 0.25) is 0 Å². The summed E-state index contributed by atoms with van der Waals surface area (Å²) in [6.07, 6.45) is 0. The second-order valence-corrected chi connectivity index (χ2v) is 7.93. The van der Waals surface area contributed by atoms with E-state index in [1.165, 1.54) is 23.3 Å². The van der Waals surface area contributed by atoms with Crippen LogP contribution in [0.4, 0.5) is 10.1 Å². The fourth-order valence-electron chi connectivity index (χ4n) is 3.69. The normalized spacial score (nSPS) is 12.9. The average molecular weight is 453 g/mol. The van der Waals surface area contributed by atoms with E-state index in [0.29, 0.717) is 26.2 Å². The number of benzene rings is 2. The monoisotopic (exact) mass is 452 g/mol. The van der Waals surface area contributed by atoms with Crippen LogP contribution in [0.25, 0.3) is 0 Å². The summed E-state index contributed by atoms with van der Waals surface area (Å²) in [5, 5.41) is 18.3. The van der Waals surface area contributed by atoms with Crippen LogP contribution in [-0.2, 0) is 22.7 Å². The van der Waals surface area contributed by atoms with Crippen LogP contribution in [0, 0.1) is 17.1 Å². The van der Waals surface area contributed by atoms with E-state index < -0.39 is 11.7 Å². The minimum Gasteiger partial charge on any atom is -0.322 e. The predicted octanol–water partition coefficient (Wildman–Crippen LogP) is 1.94. The lowest BCUT2D eigenvalue weighted by atomic mass is 10.1. The van der Waals surface area contributed by atoms with Gasteiger partial charge in [0.05, 0.1) is 30.4 Å². The number of carbonyl (C=O) groups excluding carboxylic acids is 2. The summed E-state index contributed by atoms with van der Waals surface area (Å²) >= 11 is 0. The molecule has 0 aliphatic carbocycles. The first kappa shape index (κ1) is 24.3. The second kappa shape index (κ2) is 11.5. The van der Waals surface area contributed by atoms with Gasteiger partial charge in [-0.25, -0.2) is 9.40 Å². The summed E-state index contributed by atoms with van der Waals surface area (Å²) in [5.41, 5.74) is 2.59. The Labute approximate surface area is 193 Å². The molecule has 174 valence electrons. The van der Waals surface area contributed by atoms with Crippen LogP contribution in [-0.4, -0.2) is 66.5 Å². The van der Waals surface area contributed by atoms with Crippen molar-refractivity contribution in [2.45, 2.75) is 20.0 Å². The van der Waals surface area contributed by atoms with E-state index in [-0.39, 0.29) is 30.2 Å². The average Bonchev–Trinajstić information content (AvgIpc) is 3.24. The number of nitrogens with one attached hydrogen (secondary N) is 2. The predicted molar refractivity (Wildman–Crippen MR) is 123 cm³/mol. The maximum atomic E-state index is 14.0. The molecular formula is C24H29FN6O2. The largest absolute Gasteiger partial charge is 0.322 e. The number of nitrogens with zero attached hydrogens (tertiary/aromatic N) is 4. The Morgan fingerprint density at radius 1 is 1.15 bits per heavy atom. The van der Waals surface area contributed by atoms with Crippen LogP contribution in [0.15, 0.2) is 42.5 Å². The van der Waals surface area contributed by atoms with Gasteiger partial charge >= 0.3 is 0 Å². The van der Waals surface area contributed by atoms with Crippen LogP contribution in [0.5, 0.6) is 0 Å². The van der Waals surface area contributed by atoms with Crippen molar-refractivity contribution < 1.29 is 14.0 Å². The summed E-state index contributed by atoms with van der Waals surface area (Å²) in [7, 11) is 1.74. The lowest BCUT2D eigenvalue weighted by Crippen LogP contribution is -2.48. The second-order valence-electron chi connectivity index (χ2n) is 7.93. The number of amides is 2. The molecule has 0 radical (unpaired) electrons. The molecule has 0 aromatic heterocycles. The van der Waals surface area contributed by atoms with Crippen molar-refractivity contribution in [3.63, 3.8) is 0 Å². The molecule has 2 amide bonds. The molecule has 0 saturated carbocycles. The van der Waals surface area contributed by atoms with Gasteiger partial charge in [0.15, 0.2) is 0 Å². The molecule has 2 N–H and O–H groups in total. The summed E-state index contributed by atoms with van der Waals surface area (Å²) in [5.74, 6) is -1.21. The van der Waals surface area contributed by atoms with Crippen molar-refractivity contribution in [1.29, 1.82) is 5.26 Å². The molecule has 0 unspecified atom stereocenters. The van der Waals surface area contributed by atoms with Crippen molar-refractivity contribution in [3.05, 3.63) is 65.0 Å². The SMILES string of the molecule is CCNCCN(CC(=O)Nc1cc(C#N)ccc1F)CC(=O)N(C)N1Cc2ccccc2C1. The minimum absolute atomic E-state index is 0.0445. The molecule has 0 saturated heterocycles. The third-order valence-corrected chi connectivity index (χ3v) is 5.56. The minimum atomic E-state index is -0.619. The highest BCUT2D eigenvalue weighted by molar-refractivity contribution is 5.93. The molecular weight excluding hydrogens is 423 g/mol. The van der Waals surface area contributed by atoms with Crippen molar-refractivity contribution in [1.82, 2.24) is 20.2 Å². The smallest absolute Gasteiger partial charge is 0.250 e. The highest BCUT2D eigenvalue weighted by atomic mass is 19.1. The molecule has 8 nitrogen and oxygen atoms in total. The summed E-state index contributed by atoms with van der Waals surface area (Å²) < 4.78 is 14.0. The van der Waals surface area contributed by atoms with Crippen molar-refractivity contribution >= 4 is 17.5 Å². The summed E-state index contributed by atoms with van der Waals surface area (Å²) in [4.78, 5) is 27.3. The molecule has 0 fully saturated rings. The van der Waals surface area contributed by atoms with E-state index in [1.807, 2.05) is 30.1 Å². The zero-order valence-corrected chi connectivity index (χ0v) is 19.0. The van der Waals surface area contributed by atoms with Crippen LogP contribution in [0.1, 0.15) is 23.6 Å². The van der Waals surface area contributed by atoms with Crippen LogP contribution < -0.4 is 10.6 Å². The third-order valence-electron chi connectivity index (χ3n) is 5.56. The summed E-state index contributed by atoms with van der Waals surface area (Å²) in [6, 6.07) is 13.8. The Kier molecular flexibility index (Phi) is 8.49. The highest BCUT2D eigenvalue weighted by Crippen LogP contribution is 2.23. The molecule has 9 heteroatoms. The molecule has 2 aromatic rings. The number of fused-ring (bicyclic) bond motifs is 1. The third kappa shape index (κ3) is 6.58. The fraction of sp³-hybridized carbons (Fsp3) is 0.375. The van der Waals surface area contributed by atoms with Gasteiger partial charge in [-0.3, -0.25) is 19.5 Å². The van der Waals surface area contributed by atoms with Gasteiger partial charge in [-0.05, 0) is 35.9 Å². The Balaban J connectivity index is 1.61. The Morgan fingerprint density at radius 3 is 2.48 bits per heavy atom. The number of halogens is 1. The maximum Gasteiger partial charge on any atom is 0.250 e. The molecule has 33 heavy (non-hydrogen) atoms. The van der Waals surface area contributed by atoms with Crippen molar-refractivity contribution in [2.75, 3.05) is 45.1 Å². The van der Waals surface area contributed by atoms with Gasteiger partial charge in [-0.1, -0.05) is 31.2 Å². The van der Waals surface area contributed by atoms with E-state index in [1.54, 1.807) is 17.0 Å². The van der Waals surface area contributed by atoms with E-state index >= 15 is 0 Å². The van der Waals surface area contributed by atoms with E-state index in [0.717, 1.165) is 12.6 Å². The number of anilines is 1. The van der Waals surface area contributed by atoms with Gasteiger partial charge in [0.2, 0.25) is 5.91 Å². The van der Waals surface area contributed by atoms with Gasteiger partial charge in [-0.15, -0.1) is 0 Å². The standard InChI is InChI=1S/C24H29FN6O2/c1-3-27-10-11-30(16-23(32)28-22-12-18(13-26)8-9-21(22)25)17-24(33)29(2)31-14-19-6-4-5-7-20(19)15-31/h4-9,12,27H,3,10-11,14-17H2,1-2H3,(H,28,32). The first-order valence-electron chi connectivity index (χ1n) is 10.9. The Morgan fingerprint density at radius 2 is 1.85 bits per heavy atom. The summed E-state index contributed by atoms with van der Waals surface area (Å²) in [6.45, 7) is 5.11. The molecule has 2 aromatic carbocycles. The molecule has 0 atom stereocenters. The van der Waals surface area contributed by atoms with Crippen LogP contribution >= 0.6 is 0 Å². The van der Waals surface area contributed by atoms with E-state index in [4.69, 9.17) is 5.26 Å². The number of likely N-dealkylation sites (N-methyl/N-ethyl adjacent to an activating group) is 2. The van der Waals surface area contributed by atoms with Gasteiger partial charge in [-0.2, -0.15) is 5.26 Å². The zero-order chi connectivity index (χ0) is 23.8. The number of rotatable bonds is 10. The van der Waals surface area contributed by atoms with Crippen molar-refractivity contribution in [3.8, 4) is 6.07 Å². The van der Waals surface area contributed by atoms with Gasteiger partial charge in [0, 0.05) is 33.2 Å². The maximum absolute atomic E-state index is 14.0. The van der Waals surface area contributed by atoms with E-state index in [2.05, 4.69) is 22.8 Å². The van der Waals surface area contributed by atoms with Crippen LogP contribution in [0.3, 0.4) is 0 Å². The topological polar surface area (TPSA) is 91.7 Å².